The molecule has 2 aromatic carbocycles. The number of hydrogen-bond donors (Lipinski definition) is 1. The second-order valence-electron chi connectivity index (χ2n) is 7.08. The molecule has 0 spiro atoms. The zero-order valence-corrected chi connectivity index (χ0v) is 21.3. The van der Waals surface area contributed by atoms with Crippen molar-refractivity contribution in [3.63, 3.8) is 0 Å². The molecular weight excluding hydrogens is 527 g/mol. The number of benzene rings is 2. The first-order valence-electron chi connectivity index (χ1n) is 9.74. The van der Waals surface area contributed by atoms with Gasteiger partial charge in [0.1, 0.15) is 11.8 Å². The van der Waals surface area contributed by atoms with Gasteiger partial charge < -0.3 is 15.0 Å². The summed E-state index contributed by atoms with van der Waals surface area (Å²) in [4.78, 5) is 27.3. The Morgan fingerprint density at radius 1 is 1.10 bits per heavy atom. The SMILES string of the molecule is CC[C@H](C)NC(=O)[C@@H](C)N(Cc1c(Cl)cccc1Cl)C(=O)COc1ccc(Br)cc1Cl. The molecule has 0 radical (unpaired) electrons. The average molecular weight is 551 g/mol. The first-order chi connectivity index (χ1) is 14.6. The van der Waals surface area contributed by atoms with Gasteiger partial charge in [-0.3, -0.25) is 9.59 Å². The van der Waals surface area contributed by atoms with E-state index in [0.717, 1.165) is 10.9 Å². The quantitative estimate of drug-likeness (QED) is 0.409. The Labute approximate surface area is 206 Å². The number of halogens is 4. The van der Waals surface area contributed by atoms with E-state index in [9.17, 15) is 9.59 Å². The molecule has 168 valence electrons. The molecule has 0 unspecified atom stereocenters. The van der Waals surface area contributed by atoms with E-state index in [1.165, 1.54) is 4.90 Å². The van der Waals surface area contributed by atoms with Crippen LogP contribution in [0.25, 0.3) is 0 Å². The van der Waals surface area contributed by atoms with Crippen LogP contribution in [0.5, 0.6) is 5.75 Å². The van der Waals surface area contributed by atoms with E-state index in [1.54, 1.807) is 43.3 Å². The van der Waals surface area contributed by atoms with Crippen LogP contribution in [0.2, 0.25) is 15.1 Å². The molecule has 0 saturated carbocycles. The van der Waals surface area contributed by atoms with Crippen molar-refractivity contribution in [3.8, 4) is 5.75 Å². The van der Waals surface area contributed by atoms with Gasteiger partial charge in [-0.25, -0.2) is 0 Å². The normalized spacial score (nSPS) is 12.7. The topological polar surface area (TPSA) is 58.6 Å². The summed E-state index contributed by atoms with van der Waals surface area (Å²) < 4.78 is 6.42. The number of carbonyl (C=O) groups excluding carboxylic acids is 2. The van der Waals surface area contributed by atoms with E-state index >= 15 is 0 Å². The Morgan fingerprint density at radius 2 is 1.74 bits per heavy atom. The van der Waals surface area contributed by atoms with Gasteiger partial charge in [-0.2, -0.15) is 0 Å². The van der Waals surface area contributed by atoms with Gasteiger partial charge in [-0.1, -0.05) is 63.7 Å². The van der Waals surface area contributed by atoms with Crippen molar-refractivity contribution < 1.29 is 14.3 Å². The van der Waals surface area contributed by atoms with Gasteiger partial charge in [-0.05, 0) is 50.6 Å². The number of nitrogens with zero attached hydrogens (tertiary/aromatic N) is 1. The number of hydrogen-bond acceptors (Lipinski definition) is 3. The molecule has 2 atom stereocenters. The molecule has 0 aliphatic heterocycles. The van der Waals surface area contributed by atoms with Crippen molar-refractivity contribution in [3.05, 3.63) is 61.5 Å². The minimum Gasteiger partial charge on any atom is -0.482 e. The number of nitrogens with one attached hydrogen (secondary N) is 1. The molecule has 0 aliphatic rings. The monoisotopic (exact) mass is 548 g/mol. The molecule has 2 amide bonds. The van der Waals surface area contributed by atoms with Crippen LogP contribution in [-0.4, -0.2) is 35.4 Å². The highest BCUT2D eigenvalue weighted by molar-refractivity contribution is 9.10. The van der Waals surface area contributed by atoms with Gasteiger partial charge in [-0.15, -0.1) is 0 Å². The van der Waals surface area contributed by atoms with Crippen LogP contribution in [0.1, 0.15) is 32.8 Å². The Balaban J connectivity index is 2.24. The lowest BCUT2D eigenvalue weighted by atomic mass is 10.1. The van der Waals surface area contributed by atoms with Crippen molar-refractivity contribution >= 4 is 62.5 Å². The van der Waals surface area contributed by atoms with Gasteiger partial charge in [0.2, 0.25) is 5.91 Å². The minimum absolute atomic E-state index is 0.0198. The molecule has 9 heteroatoms. The summed E-state index contributed by atoms with van der Waals surface area (Å²) in [6.45, 7) is 5.29. The molecule has 0 fully saturated rings. The van der Waals surface area contributed by atoms with Crippen molar-refractivity contribution in [1.82, 2.24) is 10.2 Å². The van der Waals surface area contributed by atoms with E-state index in [1.807, 2.05) is 13.8 Å². The molecule has 0 aliphatic carbocycles. The predicted octanol–water partition coefficient (Wildman–Crippen LogP) is 6.12. The van der Waals surface area contributed by atoms with Gasteiger partial charge in [0.25, 0.3) is 5.91 Å². The van der Waals surface area contributed by atoms with Crippen LogP contribution in [0.4, 0.5) is 0 Å². The van der Waals surface area contributed by atoms with Crippen LogP contribution >= 0.6 is 50.7 Å². The average Bonchev–Trinajstić information content (AvgIpc) is 2.72. The van der Waals surface area contributed by atoms with Crippen molar-refractivity contribution in [2.75, 3.05) is 6.61 Å². The largest absolute Gasteiger partial charge is 0.482 e. The Hall–Kier alpha value is -1.47. The summed E-state index contributed by atoms with van der Waals surface area (Å²) in [6, 6.07) is 9.40. The highest BCUT2D eigenvalue weighted by atomic mass is 79.9. The maximum atomic E-state index is 13.1. The third kappa shape index (κ3) is 7.28. The van der Waals surface area contributed by atoms with E-state index < -0.39 is 11.9 Å². The fourth-order valence-electron chi connectivity index (χ4n) is 2.72. The first kappa shape index (κ1) is 25.8. The van der Waals surface area contributed by atoms with Crippen LogP contribution in [0.15, 0.2) is 40.9 Å². The Kier molecular flexibility index (Phi) is 9.94. The number of amides is 2. The second-order valence-corrected chi connectivity index (χ2v) is 9.22. The molecule has 31 heavy (non-hydrogen) atoms. The number of ether oxygens (including phenoxy) is 1. The van der Waals surface area contributed by atoms with Gasteiger partial charge in [0.05, 0.1) is 5.02 Å². The smallest absolute Gasteiger partial charge is 0.261 e. The number of carbonyl (C=O) groups is 2. The second kappa shape index (κ2) is 12.0. The van der Waals surface area contributed by atoms with Crippen molar-refractivity contribution in [2.24, 2.45) is 0 Å². The first-order valence-corrected chi connectivity index (χ1v) is 11.7. The van der Waals surface area contributed by atoms with Crippen LogP contribution in [0.3, 0.4) is 0 Å². The minimum atomic E-state index is -0.766. The summed E-state index contributed by atoms with van der Waals surface area (Å²) in [7, 11) is 0. The molecule has 1 N–H and O–H groups in total. The molecule has 2 aromatic rings. The van der Waals surface area contributed by atoms with Crippen LogP contribution < -0.4 is 10.1 Å². The third-order valence-electron chi connectivity index (χ3n) is 4.80. The summed E-state index contributed by atoms with van der Waals surface area (Å²) in [5, 5.41) is 4.10. The molecule has 0 heterocycles. The van der Waals surface area contributed by atoms with Gasteiger partial charge in [0, 0.05) is 32.7 Å². The molecular formula is C22H24BrCl3N2O3. The standard InChI is InChI=1S/C22H24BrCl3N2O3/c1-4-13(2)27-22(30)14(3)28(11-16-17(24)6-5-7-18(16)25)21(29)12-31-20-9-8-15(23)10-19(20)26/h5-10,13-14H,4,11-12H2,1-3H3,(H,27,30)/t13-,14+/m0/s1. The third-order valence-corrected chi connectivity index (χ3v) is 6.30. The highest BCUT2D eigenvalue weighted by Gasteiger charge is 2.28. The Morgan fingerprint density at radius 3 is 2.32 bits per heavy atom. The number of rotatable bonds is 9. The zero-order valence-electron chi connectivity index (χ0n) is 17.4. The van der Waals surface area contributed by atoms with Crippen molar-refractivity contribution in [1.29, 1.82) is 0 Å². The zero-order chi connectivity index (χ0) is 23.1. The molecule has 0 aromatic heterocycles. The fourth-order valence-corrected chi connectivity index (χ4v) is 3.96. The molecule has 5 nitrogen and oxygen atoms in total. The molecule has 2 rings (SSSR count). The van der Waals surface area contributed by atoms with Crippen LogP contribution in [0, 0.1) is 0 Å². The predicted molar refractivity (Wildman–Crippen MR) is 129 cm³/mol. The van der Waals surface area contributed by atoms with E-state index in [-0.39, 0.29) is 25.1 Å². The maximum absolute atomic E-state index is 13.1. The maximum Gasteiger partial charge on any atom is 0.261 e. The molecule has 0 bridgehead atoms. The fraction of sp³-hybridized carbons (Fsp3) is 0.364. The summed E-state index contributed by atoms with van der Waals surface area (Å²) in [6.07, 6.45) is 0.772. The van der Waals surface area contributed by atoms with Gasteiger partial charge >= 0.3 is 0 Å². The van der Waals surface area contributed by atoms with Crippen molar-refractivity contribution in [2.45, 2.75) is 45.8 Å². The van der Waals surface area contributed by atoms with E-state index in [2.05, 4.69) is 21.2 Å². The lowest BCUT2D eigenvalue weighted by Gasteiger charge is -2.30. The van der Waals surface area contributed by atoms with Crippen LogP contribution in [-0.2, 0) is 16.1 Å². The summed E-state index contributed by atoms with van der Waals surface area (Å²) in [5.74, 6) is -0.306. The highest BCUT2D eigenvalue weighted by Crippen LogP contribution is 2.29. The van der Waals surface area contributed by atoms with E-state index in [4.69, 9.17) is 39.5 Å². The van der Waals surface area contributed by atoms with E-state index in [0.29, 0.717) is 26.4 Å². The summed E-state index contributed by atoms with van der Waals surface area (Å²) in [5.41, 5.74) is 0.559. The summed E-state index contributed by atoms with van der Waals surface area (Å²) >= 11 is 22.1. The molecule has 0 saturated heterocycles. The Bertz CT molecular complexity index is 922. The lowest BCUT2D eigenvalue weighted by molar-refractivity contribution is -0.142. The van der Waals surface area contributed by atoms with Gasteiger partial charge in [0.15, 0.2) is 6.61 Å². The lowest BCUT2D eigenvalue weighted by Crippen LogP contribution is -2.50.